The molecule has 7 aromatic rings. The van der Waals surface area contributed by atoms with Crippen molar-refractivity contribution in [1.82, 2.24) is 4.57 Å². The van der Waals surface area contributed by atoms with Gasteiger partial charge in [0.25, 0.3) is 0 Å². The van der Waals surface area contributed by atoms with Crippen molar-refractivity contribution in [1.29, 1.82) is 0 Å². The highest BCUT2D eigenvalue weighted by Gasteiger charge is 2.14. The molecule has 0 spiro atoms. The van der Waals surface area contributed by atoms with E-state index in [0.29, 0.717) is 0 Å². The molecule has 0 aliphatic rings. The molecule has 0 saturated carbocycles. The maximum Gasteiger partial charge on any atom is 0.0541 e. The summed E-state index contributed by atoms with van der Waals surface area (Å²) in [5.41, 5.74) is 10.8. The van der Waals surface area contributed by atoms with Gasteiger partial charge in [-0.05, 0) is 75.8 Å². The summed E-state index contributed by atoms with van der Waals surface area (Å²) in [7, 11) is 0. The fourth-order valence-corrected chi connectivity index (χ4v) is 5.77. The van der Waals surface area contributed by atoms with Crippen molar-refractivity contribution in [3.63, 3.8) is 0 Å². The van der Waals surface area contributed by atoms with E-state index >= 15 is 0 Å². The lowest BCUT2D eigenvalue weighted by atomic mass is 9.96. The van der Waals surface area contributed by atoms with Crippen molar-refractivity contribution < 1.29 is 0 Å². The molecule has 0 aliphatic heterocycles. The molecule has 1 aromatic heterocycles. The molecular formula is C36H24BrN. The molecule has 0 unspecified atom stereocenters. The Kier molecular flexibility index (Phi) is 5.68. The minimum Gasteiger partial charge on any atom is -0.309 e. The van der Waals surface area contributed by atoms with Crippen molar-refractivity contribution in [3.05, 3.63) is 150 Å². The summed E-state index contributed by atoms with van der Waals surface area (Å²) in [5, 5.41) is 2.50. The Labute approximate surface area is 230 Å². The molecule has 0 fully saturated rings. The van der Waals surface area contributed by atoms with Crippen LogP contribution in [-0.2, 0) is 0 Å². The van der Waals surface area contributed by atoms with Gasteiger partial charge < -0.3 is 4.57 Å². The monoisotopic (exact) mass is 549 g/mol. The van der Waals surface area contributed by atoms with Crippen LogP contribution in [0, 0.1) is 0 Å². The van der Waals surface area contributed by atoms with Gasteiger partial charge in [0, 0.05) is 20.9 Å². The van der Waals surface area contributed by atoms with Gasteiger partial charge in [0.05, 0.1) is 11.0 Å². The molecule has 6 aromatic carbocycles. The number of halogens is 1. The maximum absolute atomic E-state index is 3.68. The molecule has 7 rings (SSSR count). The molecule has 1 nitrogen and oxygen atoms in total. The first-order valence-electron chi connectivity index (χ1n) is 12.8. The first-order valence-corrected chi connectivity index (χ1v) is 13.6. The van der Waals surface area contributed by atoms with Crippen molar-refractivity contribution in [2.75, 3.05) is 0 Å². The quantitative estimate of drug-likeness (QED) is 0.205. The molecule has 2 heteroatoms. The van der Waals surface area contributed by atoms with E-state index in [1.165, 1.54) is 55.2 Å². The predicted octanol–water partition coefficient (Wildman–Crippen LogP) is 10.5. The molecule has 0 atom stereocenters. The van der Waals surface area contributed by atoms with Gasteiger partial charge in [0.1, 0.15) is 0 Å². The largest absolute Gasteiger partial charge is 0.309 e. The van der Waals surface area contributed by atoms with E-state index in [-0.39, 0.29) is 0 Å². The molecule has 1 heterocycles. The lowest BCUT2D eigenvalue weighted by molar-refractivity contribution is 1.18. The van der Waals surface area contributed by atoms with E-state index in [2.05, 4.69) is 166 Å². The van der Waals surface area contributed by atoms with Crippen LogP contribution in [0.25, 0.3) is 60.9 Å². The van der Waals surface area contributed by atoms with Gasteiger partial charge in [-0.2, -0.15) is 0 Å². The zero-order chi connectivity index (χ0) is 25.5. The van der Waals surface area contributed by atoms with Gasteiger partial charge >= 0.3 is 0 Å². The summed E-state index contributed by atoms with van der Waals surface area (Å²) in [6.07, 6.45) is 0. The van der Waals surface area contributed by atoms with E-state index in [4.69, 9.17) is 0 Å². The number of rotatable bonds is 4. The summed E-state index contributed by atoms with van der Waals surface area (Å²) >= 11 is 3.68. The summed E-state index contributed by atoms with van der Waals surface area (Å²) in [5.74, 6) is 0. The minimum absolute atomic E-state index is 1.09. The second-order valence-corrected chi connectivity index (χ2v) is 10.5. The van der Waals surface area contributed by atoms with E-state index in [0.717, 1.165) is 10.2 Å². The minimum atomic E-state index is 1.09. The number of para-hydroxylation sites is 1. The third-order valence-electron chi connectivity index (χ3n) is 7.24. The van der Waals surface area contributed by atoms with Crippen LogP contribution in [0.5, 0.6) is 0 Å². The zero-order valence-electron chi connectivity index (χ0n) is 20.7. The lowest BCUT2D eigenvalue weighted by Crippen LogP contribution is -1.96. The Balaban J connectivity index is 1.46. The summed E-state index contributed by atoms with van der Waals surface area (Å²) in [6, 6.07) is 52.3. The van der Waals surface area contributed by atoms with Crippen LogP contribution in [-0.4, -0.2) is 4.57 Å². The van der Waals surface area contributed by atoms with Gasteiger partial charge in [-0.1, -0.05) is 119 Å². The number of hydrogen-bond acceptors (Lipinski definition) is 0. The molecule has 0 bridgehead atoms. The molecule has 0 aliphatic carbocycles. The Morgan fingerprint density at radius 2 is 0.868 bits per heavy atom. The lowest BCUT2D eigenvalue weighted by Gasteiger charge is -2.14. The van der Waals surface area contributed by atoms with Crippen molar-refractivity contribution in [3.8, 4) is 39.1 Å². The smallest absolute Gasteiger partial charge is 0.0541 e. The van der Waals surface area contributed by atoms with Gasteiger partial charge in [-0.15, -0.1) is 0 Å². The summed E-state index contributed by atoms with van der Waals surface area (Å²) < 4.78 is 3.48. The normalized spacial score (nSPS) is 11.3. The highest BCUT2D eigenvalue weighted by Crippen LogP contribution is 2.37. The second-order valence-electron chi connectivity index (χ2n) is 9.59. The standard InChI is InChI=1S/C36H24BrN/c37-31-19-20-36-34(24-31)33-13-7-8-14-35(33)38(36)32-22-29(26-11-5-2-6-12-26)21-30(23-32)28-17-15-27(16-18-28)25-9-3-1-4-10-25/h1-24H. The second kappa shape index (κ2) is 9.48. The van der Waals surface area contributed by atoms with Crippen LogP contribution < -0.4 is 0 Å². The number of benzene rings is 6. The van der Waals surface area contributed by atoms with Crippen LogP contribution in [0.15, 0.2) is 150 Å². The first kappa shape index (κ1) is 22.8. The van der Waals surface area contributed by atoms with Crippen molar-refractivity contribution in [2.45, 2.75) is 0 Å². The summed E-state index contributed by atoms with van der Waals surface area (Å²) in [6.45, 7) is 0. The molecular weight excluding hydrogens is 526 g/mol. The van der Waals surface area contributed by atoms with Gasteiger partial charge in [-0.3, -0.25) is 0 Å². The third kappa shape index (κ3) is 4.04. The first-order chi connectivity index (χ1) is 18.7. The van der Waals surface area contributed by atoms with Crippen LogP contribution in [0.3, 0.4) is 0 Å². The van der Waals surface area contributed by atoms with E-state index < -0.39 is 0 Å². The Morgan fingerprint density at radius 3 is 1.53 bits per heavy atom. The predicted molar refractivity (Wildman–Crippen MR) is 165 cm³/mol. The maximum atomic E-state index is 3.68. The van der Waals surface area contributed by atoms with E-state index in [9.17, 15) is 0 Å². The van der Waals surface area contributed by atoms with Crippen molar-refractivity contribution >= 4 is 37.7 Å². The number of fused-ring (bicyclic) bond motifs is 3. The van der Waals surface area contributed by atoms with Gasteiger partial charge in [0.15, 0.2) is 0 Å². The Hall–Kier alpha value is -4.40. The van der Waals surface area contributed by atoms with Crippen LogP contribution in [0.4, 0.5) is 0 Å². The highest BCUT2D eigenvalue weighted by atomic mass is 79.9. The SMILES string of the molecule is Brc1ccc2c(c1)c1ccccc1n2-c1cc(-c2ccccc2)cc(-c2ccc(-c3ccccc3)cc2)c1. The Bertz CT molecular complexity index is 1900. The molecule has 0 radical (unpaired) electrons. The van der Waals surface area contributed by atoms with Gasteiger partial charge in [0.2, 0.25) is 0 Å². The zero-order valence-corrected chi connectivity index (χ0v) is 22.3. The van der Waals surface area contributed by atoms with Crippen LogP contribution in [0.1, 0.15) is 0 Å². The summed E-state index contributed by atoms with van der Waals surface area (Å²) in [4.78, 5) is 0. The van der Waals surface area contributed by atoms with Gasteiger partial charge in [-0.25, -0.2) is 0 Å². The fraction of sp³-hybridized carbons (Fsp3) is 0. The number of aromatic nitrogens is 1. The van der Waals surface area contributed by atoms with Crippen molar-refractivity contribution in [2.24, 2.45) is 0 Å². The number of hydrogen-bond donors (Lipinski definition) is 0. The van der Waals surface area contributed by atoms with E-state index in [1.54, 1.807) is 0 Å². The molecule has 0 amide bonds. The highest BCUT2D eigenvalue weighted by molar-refractivity contribution is 9.10. The number of nitrogens with zero attached hydrogens (tertiary/aromatic N) is 1. The average molecular weight is 550 g/mol. The molecule has 0 N–H and O–H groups in total. The molecule has 38 heavy (non-hydrogen) atoms. The van der Waals surface area contributed by atoms with E-state index in [1.807, 2.05) is 0 Å². The Morgan fingerprint density at radius 1 is 0.368 bits per heavy atom. The fourth-order valence-electron chi connectivity index (χ4n) is 5.41. The average Bonchev–Trinajstić information content (AvgIpc) is 3.31. The third-order valence-corrected chi connectivity index (χ3v) is 7.74. The molecule has 0 saturated heterocycles. The molecule has 180 valence electrons. The van der Waals surface area contributed by atoms with Crippen LogP contribution in [0.2, 0.25) is 0 Å². The topological polar surface area (TPSA) is 4.93 Å². The van der Waals surface area contributed by atoms with Crippen LogP contribution >= 0.6 is 15.9 Å².